The first-order valence-electron chi connectivity index (χ1n) is 11.4. The van der Waals surface area contributed by atoms with E-state index in [9.17, 15) is 5.11 Å². The van der Waals surface area contributed by atoms with E-state index in [0.29, 0.717) is 18.1 Å². The van der Waals surface area contributed by atoms with Gasteiger partial charge in [0, 0.05) is 5.54 Å². The molecule has 3 aliphatic carbocycles. The molecule has 2 saturated carbocycles. The summed E-state index contributed by atoms with van der Waals surface area (Å²) in [6.07, 6.45) is 13.4. The van der Waals surface area contributed by atoms with Gasteiger partial charge in [0.25, 0.3) is 0 Å². The van der Waals surface area contributed by atoms with Crippen LogP contribution < -0.4 is 5.73 Å². The predicted octanol–water partition coefficient (Wildman–Crippen LogP) is 3.87. The lowest BCUT2D eigenvalue weighted by Gasteiger charge is -2.27. The van der Waals surface area contributed by atoms with Gasteiger partial charge in [0.15, 0.2) is 0 Å². The van der Waals surface area contributed by atoms with Crippen LogP contribution in [0.3, 0.4) is 0 Å². The van der Waals surface area contributed by atoms with Crippen LogP contribution in [0.4, 0.5) is 0 Å². The standard InChI is InChI=1S/C24H37NO3/c25-24(17-26)11-10-21(16-24)19-6-7-20-15-23(9-8-18(20)14-19)28-13-12-27-22-4-2-1-3-5-22/h6-7,14,21-23,26H,1-5,8-13,15-17,25H2/t21-,23?,24+/m0/s1. The zero-order valence-electron chi connectivity index (χ0n) is 17.2. The maximum absolute atomic E-state index is 9.53. The fourth-order valence-corrected chi connectivity index (χ4v) is 5.38. The van der Waals surface area contributed by atoms with Gasteiger partial charge in [0.2, 0.25) is 0 Å². The van der Waals surface area contributed by atoms with Crippen molar-refractivity contribution in [2.45, 2.75) is 94.3 Å². The molecular weight excluding hydrogens is 350 g/mol. The molecule has 0 amide bonds. The van der Waals surface area contributed by atoms with Crippen LogP contribution in [0.25, 0.3) is 0 Å². The highest BCUT2D eigenvalue weighted by atomic mass is 16.5. The molecule has 3 N–H and O–H groups in total. The lowest BCUT2D eigenvalue weighted by Crippen LogP contribution is -2.40. The van der Waals surface area contributed by atoms with Crippen LogP contribution >= 0.6 is 0 Å². The zero-order valence-corrected chi connectivity index (χ0v) is 17.2. The number of hydrogen-bond donors (Lipinski definition) is 2. The maximum Gasteiger partial charge on any atom is 0.0704 e. The number of fused-ring (bicyclic) bond motifs is 1. The summed E-state index contributed by atoms with van der Waals surface area (Å²) in [5.74, 6) is 0.494. The third-order valence-electron chi connectivity index (χ3n) is 7.19. The van der Waals surface area contributed by atoms with Crippen LogP contribution in [0.2, 0.25) is 0 Å². The monoisotopic (exact) mass is 387 g/mol. The molecule has 0 aromatic heterocycles. The SMILES string of the molecule is N[C@]1(CO)CC[C@H](c2ccc3c(c2)CCC(OCCOC2CCCCC2)C3)C1. The predicted molar refractivity (Wildman–Crippen MR) is 112 cm³/mol. The first kappa shape index (κ1) is 20.3. The van der Waals surface area contributed by atoms with Gasteiger partial charge in [-0.15, -0.1) is 0 Å². The van der Waals surface area contributed by atoms with Gasteiger partial charge < -0.3 is 20.3 Å². The first-order valence-corrected chi connectivity index (χ1v) is 11.4. The molecule has 3 aliphatic rings. The number of nitrogens with two attached hydrogens (primary N) is 1. The molecule has 0 saturated heterocycles. The van der Waals surface area contributed by atoms with E-state index in [4.69, 9.17) is 15.2 Å². The minimum Gasteiger partial charge on any atom is -0.394 e. The van der Waals surface area contributed by atoms with Crippen LogP contribution in [0, 0.1) is 0 Å². The Kier molecular flexibility index (Phi) is 6.72. The van der Waals surface area contributed by atoms with Crippen molar-refractivity contribution in [3.63, 3.8) is 0 Å². The van der Waals surface area contributed by atoms with E-state index in [1.165, 1.54) is 48.8 Å². The van der Waals surface area contributed by atoms with Crippen molar-refractivity contribution in [1.82, 2.24) is 0 Å². The fraction of sp³-hybridized carbons (Fsp3) is 0.750. The molecular formula is C24H37NO3. The van der Waals surface area contributed by atoms with Crippen molar-refractivity contribution in [3.8, 4) is 0 Å². The normalized spacial score (nSPS) is 31.1. The van der Waals surface area contributed by atoms with Gasteiger partial charge in [-0.1, -0.05) is 37.5 Å². The van der Waals surface area contributed by atoms with E-state index in [1.807, 2.05) is 0 Å². The maximum atomic E-state index is 9.53. The van der Waals surface area contributed by atoms with E-state index >= 15 is 0 Å². The summed E-state index contributed by atoms with van der Waals surface area (Å²) in [5.41, 5.74) is 10.2. The summed E-state index contributed by atoms with van der Waals surface area (Å²) < 4.78 is 12.1. The number of hydrogen-bond acceptors (Lipinski definition) is 4. The van der Waals surface area contributed by atoms with E-state index in [0.717, 1.165) is 51.7 Å². The van der Waals surface area contributed by atoms with Crippen molar-refractivity contribution in [1.29, 1.82) is 0 Å². The average Bonchev–Trinajstić information content (AvgIpc) is 3.14. The Labute approximate surface area is 169 Å². The van der Waals surface area contributed by atoms with Crippen molar-refractivity contribution in [3.05, 3.63) is 34.9 Å². The minimum atomic E-state index is -0.376. The molecule has 1 unspecified atom stereocenters. The summed E-state index contributed by atoms with van der Waals surface area (Å²) in [5, 5.41) is 9.53. The summed E-state index contributed by atoms with van der Waals surface area (Å²) in [6.45, 7) is 1.55. The van der Waals surface area contributed by atoms with E-state index in [2.05, 4.69) is 18.2 Å². The highest BCUT2D eigenvalue weighted by Gasteiger charge is 2.36. The summed E-state index contributed by atoms with van der Waals surface area (Å²) >= 11 is 0. The number of aliphatic hydroxyl groups is 1. The van der Waals surface area contributed by atoms with E-state index in [-0.39, 0.29) is 12.1 Å². The van der Waals surface area contributed by atoms with E-state index < -0.39 is 0 Å². The Morgan fingerprint density at radius 3 is 2.50 bits per heavy atom. The van der Waals surface area contributed by atoms with Crippen LogP contribution in [0.5, 0.6) is 0 Å². The largest absolute Gasteiger partial charge is 0.394 e. The molecule has 156 valence electrons. The number of benzene rings is 1. The second-order valence-electron chi connectivity index (χ2n) is 9.35. The number of aliphatic hydroxyl groups excluding tert-OH is 1. The summed E-state index contributed by atoms with van der Waals surface area (Å²) in [7, 11) is 0. The third-order valence-corrected chi connectivity index (χ3v) is 7.19. The lowest BCUT2D eigenvalue weighted by atomic mass is 9.85. The Bertz CT molecular complexity index is 643. The highest BCUT2D eigenvalue weighted by Crippen LogP contribution is 2.40. The Morgan fingerprint density at radius 1 is 0.964 bits per heavy atom. The summed E-state index contributed by atoms with van der Waals surface area (Å²) in [6, 6.07) is 6.97. The first-order chi connectivity index (χ1) is 13.6. The van der Waals surface area contributed by atoms with Crippen molar-refractivity contribution in [2.24, 2.45) is 5.73 Å². The van der Waals surface area contributed by atoms with Crippen LogP contribution in [-0.4, -0.2) is 42.7 Å². The molecule has 4 rings (SSSR count). The molecule has 0 radical (unpaired) electrons. The van der Waals surface area contributed by atoms with Crippen LogP contribution in [-0.2, 0) is 22.3 Å². The van der Waals surface area contributed by atoms with Crippen molar-refractivity contribution in [2.75, 3.05) is 19.8 Å². The lowest BCUT2D eigenvalue weighted by molar-refractivity contribution is -0.0346. The van der Waals surface area contributed by atoms with E-state index in [1.54, 1.807) is 0 Å². The van der Waals surface area contributed by atoms with Crippen LogP contribution in [0.15, 0.2) is 18.2 Å². The number of ether oxygens (including phenoxy) is 2. The second-order valence-corrected chi connectivity index (χ2v) is 9.35. The molecule has 0 spiro atoms. The van der Waals surface area contributed by atoms with Crippen LogP contribution in [0.1, 0.15) is 80.4 Å². The van der Waals surface area contributed by atoms with Gasteiger partial charge in [0.1, 0.15) is 0 Å². The Hall–Kier alpha value is -0.940. The molecule has 1 aromatic carbocycles. The zero-order chi connectivity index (χ0) is 19.4. The number of aryl methyl sites for hydroxylation is 1. The molecule has 0 bridgehead atoms. The molecule has 28 heavy (non-hydrogen) atoms. The summed E-state index contributed by atoms with van der Waals surface area (Å²) in [4.78, 5) is 0. The molecule has 0 aliphatic heterocycles. The minimum absolute atomic E-state index is 0.0952. The molecule has 3 atom stereocenters. The molecule has 0 heterocycles. The topological polar surface area (TPSA) is 64.7 Å². The molecule has 2 fully saturated rings. The number of rotatable bonds is 7. The molecule has 1 aromatic rings. The van der Waals surface area contributed by atoms with Gasteiger partial charge in [-0.3, -0.25) is 0 Å². The van der Waals surface area contributed by atoms with Gasteiger partial charge in [0.05, 0.1) is 32.0 Å². The van der Waals surface area contributed by atoms with Gasteiger partial charge in [-0.25, -0.2) is 0 Å². The van der Waals surface area contributed by atoms with Crippen molar-refractivity contribution >= 4 is 0 Å². The Balaban J connectivity index is 1.24. The smallest absolute Gasteiger partial charge is 0.0704 e. The second kappa shape index (κ2) is 9.25. The molecule has 4 heteroatoms. The molecule has 4 nitrogen and oxygen atoms in total. The Morgan fingerprint density at radius 2 is 1.75 bits per heavy atom. The quantitative estimate of drug-likeness (QED) is 0.697. The van der Waals surface area contributed by atoms with Crippen molar-refractivity contribution < 1.29 is 14.6 Å². The average molecular weight is 388 g/mol. The van der Waals surface area contributed by atoms with Gasteiger partial charge >= 0.3 is 0 Å². The third kappa shape index (κ3) is 4.96. The highest BCUT2D eigenvalue weighted by molar-refractivity contribution is 5.36. The van der Waals surface area contributed by atoms with Gasteiger partial charge in [-0.2, -0.15) is 0 Å². The van der Waals surface area contributed by atoms with Gasteiger partial charge in [-0.05, 0) is 74.0 Å². The fourth-order valence-electron chi connectivity index (χ4n) is 5.38.